The lowest BCUT2D eigenvalue weighted by Gasteiger charge is -2.13. The highest BCUT2D eigenvalue weighted by molar-refractivity contribution is 7.08. The van der Waals surface area contributed by atoms with Gasteiger partial charge in [0, 0.05) is 0 Å². The lowest BCUT2D eigenvalue weighted by atomic mass is 10.0. The van der Waals surface area contributed by atoms with E-state index in [0.717, 1.165) is 11.1 Å². The first kappa shape index (κ1) is 11.4. The molecule has 3 rings (SSSR count). The van der Waals surface area contributed by atoms with Crippen LogP contribution in [0, 0.1) is 0 Å². The third kappa shape index (κ3) is 1.81. The number of benzene rings is 1. The molecule has 4 nitrogen and oxygen atoms in total. The lowest BCUT2D eigenvalue weighted by Crippen LogP contribution is -2.11. The van der Waals surface area contributed by atoms with Gasteiger partial charge in [0.2, 0.25) is 12.5 Å². The Morgan fingerprint density at radius 3 is 2.94 bits per heavy atom. The molecule has 0 saturated heterocycles. The molecule has 0 unspecified atom stereocenters. The zero-order chi connectivity index (χ0) is 12.5. The van der Waals surface area contributed by atoms with Crippen LogP contribution in [0.3, 0.4) is 0 Å². The molecule has 1 aromatic heterocycles. The van der Waals surface area contributed by atoms with Crippen molar-refractivity contribution >= 4 is 11.3 Å². The first-order valence-electron chi connectivity index (χ1n) is 5.55. The second kappa shape index (κ2) is 4.51. The Morgan fingerprint density at radius 2 is 2.22 bits per heavy atom. The van der Waals surface area contributed by atoms with Crippen LogP contribution in [0.2, 0.25) is 0 Å². The number of thiophene rings is 1. The van der Waals surface area contributed by atoms with Crippen molar-refractivity contribution in [2.45, 2.75) is 6.04 Å². The fourth-order valence-electron chi connectivity index (χ4n) is 1.97. The molecule has 0 saturated carbocycles. The van der Waals surface area contributed by atoms with Crippen LogP contribution in [0.1, 0.15) is 17.2 Å². The van der Waals surface area contributed by atoms with E-state index in [1.54, 1.807) is 18.4 Å². The van der Waals surface area contributed by atoms with E-state index in [2.05, 4.69) is 0 Å². The van der Waals surface area contributed by atoms with E-state index in [0.29, 0.717) is 17.2 Å². The number of rotatable bonds is 3. The normalized spacial score (nSPS) is 14.6. The molecule has 0 spiro atoms. The van der Waals surface area contributed by atoms with Crippen molar-refractivity contribution in [2.75, 3.05) is 13.9 Å². The molecule has 2 heterocycles. The van der Waals surface area contributed by atoms with Crippen LogP contribution in [0.25, 0.3) is 0 Å². The van der Waals surface area contributed by atoms with Gasteiger partial charge < -0.3 is 19.9 Å². The maximum atomic E-state index is 6.23. The first-order chi connectivity index (χ1) is 8.79. The summed E-state index contributed by atoms with van der Waals surface area (Å²) in [6.07, 6.45) is 0. The Bertz CT molecular complexity index is 554. The molecule has 94 valence electrons. The van der Waals surface area contributed by atoms with E-state index in [-0.39, 0.29) is 12.8 Å². The molecule has 1 atom stereocenters. The van der Waals surface area contributed by atoms with Gasteiger partial charge in [-0.15, -0.1) is 0 Å². The molecule has 0 fully saturated rings. The van der Waals surface area contributed by atoms with E-state index >= 15 is 0 Å². The average Bonchev–Trinajstić information content (AvgIpc) is 3.07. The summed E-state index contributed by atoms with van der Waals surface area (Å²) >= 11 is 1.63. The van der Waals surface area contributed by atoms with Gasteiger partial charge in [0.25, 0.3) is 0 Å². The largest absolute Gasteiger partial charge is 0.493 e. The standard InChI is InChI=1S/C13H13NO3S/c1-15-10-4-9(5-11-13(10)17-7-16-11)12(14)8-2-3-18-6-8/h2-6,12H,7,14H2,1H3/t12-/m0/s1. The van der Waals surface area contributed by atoms with Gasteiger partial charge in [0.15, 0.2) is 11.5 Å². The van der Waals surface area contributed by atoms with Crippen LogP contribution >= 0.6 is 11.3 Å². The minimum atomic E-state index is -0.181. The number of nitrogens with two attached hydrogens (primary N) is 1. The van der Waals surface area contributed by atoms with Gasteiger partial charge in [-0.3, -0.25) is 0 Å². The smallest absolute Gasteiger partial charge is 0.231 e. The summed E-state index contributed by atoms with van der Waals surface area (Å²) in [6.45, 7) is 0.225. The summed E-state index contributed by atoms with van der Waals surface area (Å²) in [6, 6.07) is 5.65. The van der Waals surface area contributed by atoms with E-state index in [4.69, 9.17) is 19.9 Å². The fourth-order valence-corrected chi connectivity index (χ4v) is 2.67. The number of fused-ring (bicyclic) bond motifs is 1. The van der Waals surface area contributed by atoms with Crippen LogP contribution in [0.15, 0.2) is 29.0 Å². The van der Waals surface area contributed by atoms with E-state index in [1.807, 2.05) is 29.0 Å². The van der Waals surface area contributed by atoms with Crippen LogP contribution in [0.5, 0.6) is 17.2 Å². The number of hydrogen-bond donors (Lipinski definition) is 1. The molecule has 5 heteroatoms. The highest BCUT2D eigenvalue weighted by Gasteiger charge is 2.22. The van der Waals surface area contributed by atoms with Crippen molar-refractivity contribution in [3.8, 4) is 17.2 Å². The topological polar surface area (TPSA) is 53.7 Å². The molecule has 0 aliphatic carbocycles. The minimum absolute atomic E-state index is 0.181. The quantitative estimate of drug-likeness (QED) is 0.924. The molecule has 1 aliphatic heterocycles. The van der Waals surface area contributed by atoms with Crippen molar-refractivity contribution in [3.63, 3.8) is 0 Å². The van der Waals surface area contributed by atoms with Crippen molar-refractivity contribution in [1.82, 2.24) is 0 Å². The maximum absolute atomic E-state index is 6.23. The second-order valence-electron chi connectivity index (χ2n) is 3.99. The zero-order valence-electron chi connectivity index (χ0n) is 9.88. The van der Waals surface area contributed by atoms with Crippen molar-refractivity contribution in [2.24, 2.45) is 5.73 Å². The maximum Gasteiger partial charge on any atom is 0.231 e. The van der Waals surface area contributed by atoms with E-state index < -0.39 is 0 Å². The van der Waals surface area contributed by atoms with Crippen molar-refractivity contribution in [1.29, 1.82) is 0 Å². The third-order valence-electron chi connectivity index (χ3n) is 2.94. The summed E-state index contributed by atoms with van der Waals surface area (Å²) in [5, 5.41) is 4.06. The van der Waals surface area contributed by atoms with Gasteiger partial charge in [-0.05, 0) is 40.1 Å². The van der Waals surface area contributed by atoms with E-state index in [9.17, 15) is 0 Å². The van der Waals surface area contributed by atoms with E-state index in [1.165, 1.54) is 0 Å². The molecule has 1 aliphatic rings. The lowest BCUT2D eigenvalue weighted by molar-refractivity contribution is 0.171. The van der Waals surface area contributed by atoms with Crippen LogP contribution in [0.4, 0.5) is 0 Å². The SMILES string of the molecule is COc1cc([C@@H](N)c2ccsc2)cc2c1OCO2. The summed E-state index contributed by atoms with van der Waals surface area (Å²) in [5.74, 6) is 2.00. The van der Waals surface area contributed by atoms with Gasteiger partial charge in [-0.25, -0.2) is 0 Å². The predicted octanol–water partition coefficient (Wildman–Crippen LogP) is 2.53. The molecule has 0 bridgehead atoms. The Morgan fingerprint density at radius 1 is 1.33 bits per heavy atom. The van der Waals surface area contributed by atoms with Gasteiger partial charge in [0.1, 0.15) is 0 Å². The number of methoxy groups -OCH3 is 1. The Labute approximate surface area is 109 Å². The Kier molecular flexibility index (Phi) is 2.85. The summed E-state index contributed by atoms with van der Waals surface area (Å²) in [7, 11) is 1.61. The molecule has 1 aromatic carbocycles. The fraction of sp³-hybridized carbons (Fsp3) is 0.231. The summed E-state index contributed by atoms with van der Waals surface area (Å²) < 4.78 is 16.1. The van der Waals surface area contributed by atoms with Gasteiger partial charge in [0.05, 0.1) is 13.2 Å². The van der Waals surface area contributed by atoms with Gasteiger partial charge >= 0.3 is 0 Å². The molecule has 0 amide bonds. The Balaban J connectivity index is 2.03. The summed E-state index contributed by atoms with van der Waals surface area (Å²) in [5.41, 5.74) is 8.27. The molecule has 0 radical (unpaired) electrons. The monoisotopic (exact) mass is 263 g/mol. The number of ether oxygens (including phenoxy) is 3. The molecule has 18 heavy (non-hydrogen) atoms. The first-order valence-corrected chi connectivity index (χ1v) is 6.49. The summed E-state index contributed by atoms with van der Waals surface area (Å²) in [4.78, 5) is 0. The molecular formula is C13H13NO3S. The van der Waals surface area contributed by atoms with Crippen LogP contribution < -0.4 is 19.9 Å². The van der Waals surface area contributed by atoms with Crippen LogP contribution in [-0.4, -0.2) is 13.9 Å². The predicted molar refractivity (Wildman–Crippen MR) is 69.5 cm³/mol. The highest BCUT2D eigenvalue weighted by Crippen LogP contribution is 2.43. The van der Waals surface area contributed by atoms with Crippen LogP contribution in [-0.2, 0) is 0 Å². The molecular weight excluding hydrogens is 250 g/mol. The molecule has 2 aromatic rings. The van der Waals surface area contributed by atoms with Gasteiger partial charge in [-0.1, -0.05) is 0 Å². The van der Waals surface area contributed by atoms with Crippen molar-refractivity contribution < 1.29 is 14.2 Å². The van der Waals surface area contributed by atoms with Crippen molar-refractivity contribution in [3.05, 3.63) is 40.1 Å². The third-order valence-corrected chi connectivity index (χ3v) is 3.64. The van der Waals surface area contributed by atoms with Gasteiger partial charge in [-0.2, -0.15) is 11.3 Å². The average molecular weight is 263 g/mol. The Hall–Kier alpha value is -1.72. The minimum Gasteiger partial charge on any atom is -0.493 e. The number of hydrogen-bond acceptors (Lipinski definition) is 5. The zero-order valence-corrected chi connectivity index (χ0v) is 10.7. The highest BCUT2D eigenvalue weighted by atomic mass is 32.1. The molecule has 2 N–H and O–H groups in total. The second-order valence-corrected chi connectivity index (χ2v) is 4.77.